The van der Waals surface area contributed by atoms with E-state index in [1.807, 2.05) is 0 Å². The number of aromatic amines is 1. The van der Waals surface area contributed by atoms with Gasteiger partial charge in [0.25, 0.3) is 0 Å². The number of nitrogens with one attached hydrogen (secondary N) is 1. The molecule has 100 valence electrons. The highest BCUT2D eigenvalue weighted by molar-refractivity contribution is 5.71. The van der Waals surface area contributed by atoms with Crippen LogP contribution in [0, 0.1) is 0 Å². The van der Waals surface area contributed by atoms with Crippen molar-refractivity contribution >= 4 is 5.82 Å². The van der Waals surface area contributed by atoms with Gasteiger partial charge in [0.15, 0.2) is 11.5 Å². The summed E-state index contributed by atoms with van der Waals surface area (Å²) in [6.07, 6.45) is -4.52. The lowest BCUT2D eigenvalue weighted by atomic mass is 10.0. The lowest BCUT2D eigenvalue weighted by Crippen LogP contribution is -2.07. The second kappa shape index (κ2) is 3.81. The molecular weight excluding hydrogens is 263 g/mol. The minimum Gasteiger partial charge on any atom is -0.454 e. The first-order valence-electron chi connectivity index (χ1n) is 5.27. The number of ether oxygens (including phenoxy) is 2. The van der Waals surface area contributed by atoms with Crippen LogP contribution >= 0.6 is 0 Å². The van der Waals surface area contributed by atoms with E-state index in [2.05, 4.69) is 10.2 Å². The molecule has 0 saturated carbocycles. The fourth-order valence-corrected chi connectivity index (χ4v) is 1.87. The predicted octanol–water partition coefficient (Wildman–Crippen LogP) is 2.41. The van der Waals surface area contributed by atoms with Gasteiger partial charge in [-0.25, -0.2) is 0 Å². The number of halogens is 3. The zero-order valence-corrected chi connectivity index (χ0v) is 9.41. The summed E-state index contributed by atoms with van der Waals surface area (Å²) in [4.78, 5) is 0. The number of nitrogens with zero attached hydrogens (tertiary/aromatic N) is 1. The van der Waals surface area contributed by atoms with Gasteiger partial charge in [-0.2, -0.15) is 18.3 Å². The Balaban J connectivity index is 2.22. The van der Waals surface area contributed by atoms with Gasteiger partial charge in [-0.3, -0.25) is 5.10 Å². The van der Waals surface area contributed by atoms with Gasteiger partial charge in [0.2, 0.25) is 6.79 Å². The van der Waals surface area contributed by atoms with Gasteiger partial charge in [-0.15, -0.1) is 0 Å². The number of hydrogen-bond donors (Lipinski definition) is 2. The largest absolute Gasteiger partial charge is 0.454 e. The first-order valence-corrected chi connectivity index (χ1v) is 5.27. The molecule has 2 aromatic rings. The van der Waals surface area contributed by atoms with Crippen LogP contribution in [0.25, 0.3) is 11.3 Å². The number of benzene rings is 1. The second-order valence-corrected chi connectivity index (χ2v) is 3.96. The molecule has 3 N–H and O–H groups in total. The number of nitrogens with two attached hydrogens (primary N) is 1. The quantitative estimate of drug-likeness (QED) is 0.835. The smallest absolute Gasteiger partial charge is 0.417 e. The van der Waals surface area contributed by atoms with Crippen LogP contribution in [0.5, 0.6) is 11.5 Å². The van der Waals surface area contributed by atoms with E-state index >= 15 is 0 Å². The first kappa shape index (κ1) is 11.7. The zero-order chi connectivity index (χ0) is 13.6. The van der Waals surface area contributed by atoms with Crippen LogP contribution in [0.2, 0.25) is 0 Å². The molecule has 0 unspecified atom stereocenters. The maximum absolute atomic E-state index is 13.0. The SMILES string of the molecule is Nc1cc(-c2cc3c(cc2C(F)(F)F)OCO3)[nH]n1. The highest BCUT2D eigenvalue weighted by atomic mass is 19.4. The van der Waals surface area contributed by atoms with Crippen molar-refractivity contribution in [2.24, 2.45) is 0 Å². The molecule has 0 aliphatic carbocycles. The predicted molar refractivity (Wildman–Crippen MR) is 59.6 cm³/mol. The monoisotopic (exact) mass is 271 g/mol. The number of alkyl halides is 3. The van der Waals surface area contributed by atoms with Gasteiger partial charge >= 0.3 is 6.18 Å². The van der Waals surface area contributed by atoms with Gasteiger partial charge in [0, 0.05) is 11.6 Å². The van der Waals surface area contributed by atoms with Crippen LogP contribution in [-0.4, -0.2) is 17.0 Å². The van der Waals surface area contributed by atoms with Crippen LogP contribution in [0.1, 0.15) is 5.56 Å². The molecule has 8 heteroatoms. The molecule has 2 heterocycles. The molecule has 3 rings (SSSR count). The molecule has 0 spiro atoms. The van der Waals surface area contributed by atoms with Crippen molar-refractivity contribution in [3.05, 3.63) is 23.8 Å². The molecule has 0 saturated heterocycles. The molecule has 1 aromatic carbocycles. The number of aromatic nitrogens is 2. The van der Waals surface area contributed by atoms with Crippen LogP contribution in [0.15, 0.2) is 18.2 Å². The van der Waals surface area contributed by atoms with E-state index in [1.165, 1.54) is 12.1 Å². The first-order chi connectivity index (χ1) is 8.95. The lowest BCUT2D eigenvalue weighted by Gasteiger charge is -2.12. The minimum atomic E-state index is -4.52. The number of fused-ring (bicyclic) bond motifs is 1. The Morgan fingerprint density at radius 2 is 1.84 bits per heavy atom. The Morgan fingerprint density at radius 3 is 2.42 bits per heavy atom. The molecule has 1 aromatic heterocycles. The number of rotatable bonds is 1. The van der Waals surface area contributed by atoms with Gasteiger partial charge in [0.1, 0.15) is 5.82 Å². The Morgan fingerprint density at radius 1 is 1.16 bits per heavy atom. The average molecular weight is 271 g/mol. The molecule has 0 radical (unpaired) electrons. The summed E-state index contributed by atoms with van der Waals surface area (Å²) >= 11 is 0. The Labute approximate surface area is 105 Å². The maximum Gasteiger partial charge on any atom is 0.417 e. The van der Waals surface area contributed by atoms with Gasteiger partial charge < -0.3 is 15.2 Å². The number of nitrogen functional groups attached to an aromatic ring is 1. The summed E-state index contributed by atoms with van der Waals surface area (Å²) in [6.45, 7) is -0.0960. The summed E-state index contributed by atoms with van der Waals surface area (Å²) in [5.74, 6) is 0.445. The standard InChI is InChI=1S/C11H8F3N3O2/c12-11(13,14)6-2-9-8(18-4-19-9)1-5(6)7-3-10(15)17-16-7/h1-3H,4H2,(H3,15,16,17). The van der Waals surface area contributed by atoms with Crippen LogP contribution in [0.4, 0.5) is 19.0 Å². The maximum atomic E-state index is 13.0. The van der Waals surface area contributed by atoms with Crippen molar-refractivity contribution in [1.29, 1.82) is 0 Å². The molecule has 1 aliphatic rings. The van der Waals surface area contributed by atoms with E-state index in [0.29, 0.717) is 0 Å². The Kier molecular flexibility index (Phi) is 2.34. The van der Waals surface area contributed by atoms with Crippen molar-refractivity contribution in [2.45, 2.75) is 6.18 Å². The highest BCUT2D eigenvalue weighted by Gasteiger charge is 2.36. The number of anilines is 1. The number of hydrogen-bond acceptors (Lipinski definition) is 4. The molecule has 19 heavy (non-hydrogen) atoms. The van der Waals surface area contributed by atoms with Crippen molar-refractivity contribution in [1.82, 2.24) is 10.2 Å². The molecular formula is C11H8F3N3O2. The second-order valence-electron chi connectivity index (χ2n) is 3.96. The zero-order valence-electron chi connectivity index (χ0n) is 9.41. The topological polar surface area (TPSA) is 73.2 Å². The Hall–Kier alpha value is -2.38. The summed E-state index contributed by atoms with van der Waals surface area (Å²) < 4.78 is 49.2. The molecule has 5 nitrogen and oxygen atoms in total. The molecule has 0 bridgehead atoms. The minimum absolute atomic E-state index is 0.0727. The van der Waals surface area contributed by atoms with Crippen LogP contribution in [0.3, 0.4) is 0 Å². The Bertz CT molecular complexity index is 637. The normalized spacial score (nSPS) is 13.8. The molecule has 0 fully saturated rings. The van der Waals surface area contributed by atoms with E-state index in [1.54, 1.807) is 0 Å². The van der Waals surface area contributed by atoms with E-state index in [0.717, 1.165) is 6.07 Å². The van der Waals surface area contributed by atoms with E-state index in [4.69, 9.17) is 15.2 Å². The summed E-state index contributed by atoms with van der Waals surface area (Å²) in [7, 11) is 0. The average Bonchev–Trinajstić information content (AvgIpc) is 2.93. The van der Waals surface area contributed by atoms with Gasteiger partial charge in [0.05, 0.1) is 11.3 Å². The van der Waals surface area contributed by atoms with Gasteiger partial charge in [-0.1, -0.05) is 0 Å². The van der Waals surface area contributed by atoms with Crippen LogP contribution in [-0.2, 0) is 6.18 Å². The summed E-state index contributed by atoms with van der Waals surface area (Å²) in [5, 5.41) is 6.08. The van der Waals surface area contributed by atoms with E-state index in [-0.39, 0.29) is 35.4 Å². The van der Waals surface area contributed by atoms with Crippen molar-refractivity contribution in [2.75, 3.05) is 12.5 Å². The third-order valence-corrected chi connectivity index (χ3v) is 2.71. The summed E-state index contributed by atoms with van der Waals surface area (Å²) in [6, 6.07) is 3.50. The van der Waals surface area contributed by atoms with Crippen LogP contribution < -0.4 is 15.2 Å². The molecule has 0 atom stereocenters. The van der Waals surface area contributed by atoms with E-state index in [9.17, 15) is 13.2 Å². The summed E-state index contributed by atoms with van der Waals surface area (Å²) in [5.41, 5.74) is 4.66. The lowest BCUT2D eigenvalue weighted by molar-refractivity contribution is -0.137. The third-order valence-electron chi connectivity index (χ3n) is 2.71. The number of H-pyrrole nitrogens is 1. The van der Waals surface area contributed by atoms with Crippen molar-refractivity contribution < 1.29 is 22.6 Å². The van der Waals surface area contributed by atoms with Crippen molar-refractivity contribution in [3.63, 3.8) is 0 Å². The fourth-order valence-electron chi connectivity index (χ4n) is 1.87. The highest BCUT2D eigenvalue weighted by Crippen LogP contribution is 2.44. The molecule has 1 aliphatic heterocycles. The fraction of sp³-hybridized carbons (Fsp3) is 0.182. The molecule has 0 amide bonds. The third kappa shape index (κ3) is 1.94. The van der Waals surface area contributed by atoms with Gasteiger partial charge in [-0.05, 0) is 12.1 Å². The van der Waals surface area contributed by atoms with E-state index < -0.39 is 11.7 Å². The van der Waals surface area contributed by atoms with Crippen molar-refractivity contribution in [3.8, 4) is 22.8 Å².